The molecule has 1 aliphatic heterocycles. The molecule has 1 saturated heterocycles. The minimum absolute atomic E-state index is 0.0988. The van der Waals surface area contributed by atoms with E-state index in [2.05, 4.69) is 5.32 Å². The second kappa shape index (κ2) is 5.19. The van der Waals surface area contributed by atoms with Crippen LogP contribution in [0, 0.1) is 5.92 Å². The van der Waals surface area contributed by atoms with Crippen molar-refractivity contribution in [1.82, 2.24) is 5.32 Å². The molecule has 0 radical (unpaired) electrons. The van der Waals surface area contributed by atoms with E-state index in [4.69, 9.17) is 4.74 Å². The van der Waals surface area contributed by atoms with Gasteiger partial charge in [-0.15, -0.1) is 0 Å². The number of rotatable bonds is 3. The van der Waals surface area contributed by atoms with Crippen LogP contribution in [0.1, 0.15) is 18.9 Å². The molecule has 1 fully saturated rings. The largest absolute Gasteiger partial charge is 0.508 e. The third kappa shape index (κ3) is 2.77. The average molecular weight is 235 g/mol. The highest BCUT2D eigenvalue weighted by Crippen LogP contribution is 2.20. The summed E-state index contributed by atoms with van der Waals surface area (Å²) in [5, 5.41) is 12.3. The van der Waals surface area contributed by atoms with E-state index in [1.165, 1.54) is 0 Å². The molecule has 4 nitrogen and oxygen atoms in total. The molecule has 4 heteroatoms. The lowest BCUT2D eigenvalue weighted by atomic mass is 10.0. The Kier molecular flexibility index (Phi) is 3.64. The number of carbonyl (C=O) groups is 1. The molecule has 0 saturated carbocycles. The highest BCUT2D eigenvalue weighted by atomic mass is 16.5. The monoisotopic (exact) mass is 235 g/mol. The quantitative estimate of drug-likeness (QED) is 0.833. The van der Waals surface area contributed by atoms with Gasteiger partial charge in [-0.1, -0.05) is 25.1 Å². The average Bonchev–Trinajstić information content (AvgIpc) is 2.74. The molecular formula is C13H17NO3. The van der Waals surface area contributed by atoms with Gasteiger partial charge < -0.3 is 15.2 Å². The minimum Gasteiger partial charge on any atom is -0.508 e. The van der Waals surface area contributed by atoms with Gasteiger partial charge in [0.1, 0.15) is 11.9 Å². The third-order valence-electron chi connectivity index (χ3n) is 3.09. The Bertz CT molecular complexity index is 405. The Morgan fingerprint density at radius 2 is 2.29 bits per heavy atom. The topological polar surface area (TPSA) is 58.6 Å². The normalized spacial score (nSPS) is 23.6. The van der Waals surface area contributed by atoms with Crippen molar-refractivity contribution in [2.24, 2.45) is 5.92 Å². The third-order valence-corrected chi connectivity index (χ3v) is 3.09. The Morgan fingerprint density at radius 1 is 1.53 bits per heavy atom. The van der Waals surface area contributed by atoms with Gasteiger partial charge in [-0.05, 0) is 18.4 Å². The zero-order valence-corrected chi connectivity index (χ0v) is 9.85. The molecule has 0 aromatic heterocycles. The van der Waals surface area contributed by atoms with E-state index in [0.29, 0.717) is 18.7 Å². The molecule has 1 amide bonds. The molecule has 2 atom stereocenters. The Balaban J connectivity index is 1.90. The van der Waals surface area contributed by atoms with Crippen LogP contribution in [0.5, 0.6) is 5.75 Å². The van der Waals surface area contributed by atoms with E-state index < -0.39 is 0 Å². The molecule has 0 bridgehead atoms. The second-order valence-electron chi connectivity index (χ2n) is 4.40. The highest BCUT2D eigenvalue weighted by molar-refractivity contribution is 5.81. The van der Waals surface area contributed by atoms with Crippen LogP contribution in [0.3, 0.4) is 0 Å². The first kappa shape index (κ1) is 11.9. The first-order valence-electron chi connectivity index (χ1n) is 5.84. The molecule has 1 aliphatic rings. The van der Waals surface area contributed by atoms with Gasteiger partial charge in [0, 0.05) is 18.7 Å². The molecule has 0 spiro atoms. The number of para-hydroxylation sites is 1. The molecule has 92 valence electrons. The lowest BCUT2D eigenvalue weighted by molar-refractivity contribution is -0.131. The van der Waals surface area contributed by atoms with Crippen molar-refractivity contribution in [3.8, 4) is 5.75 Å². The maximum atomic E-state index is 11.8. The van der Waals surface area contributed by atoms with Crippen molar-refractivity contribution < 1.29 is 14.6 Å². The standard InChI is InChI=1S/C13H17NO3/c1-9-6-7-17-12(9)13(16)14-8-10-4-2-3-5-11(10)15/h2-5,9,12,15H,6-8H2,1H3,(H,14,16). The maximum absolute atomic E-state index is 11.8. The number of benzene rings is 1. The fourth-order valence-electron chi connectivity index (χ4n) is 1.97. The van der Waals surface area contributed by atoms with Crippen molar-refractivity contribution in [2.45, 2.75) is 26.0 Å². The molecule has 0 aliphatic carbocycles. The molecule has 2 unspecified atom stereocenters. The predicted molar refractivity (Wildman–Crippen MR) is 63.5 cm³/mol. The summed E-state index contributed by atoms with van der Waals surface area (Å²) in [6.45, 7) is 2.99. The lowest BCUT2D eigenvalue weighted by Crippen LogP contribution is -2.36. The number of amides is 1. The van der Waals surface area contributed by atoms with Crippen LogP contribution < -0.4 is 5.32 Å². The summed E-state index contributed by atoms with van der Waals surface area (Å²) in [5.74, 6) is 0.366. The molecule has 17 heavy (non-hydrogen) atoms. The van der Waals surface area contributed by atoms with E-state index in [0.717, 1.165) is 6.42 Å². The van der Waals surface area contributed by atoms with Gasteiger partial charge in [0.15, 0.2) is 0 Å². The maximum Gasteiger partial charge on any atom is 0.249 e. The summed E-state index contributed by atoms with van der Waals surface area (Å²) < 4.78 is 5.37. The van der Waals surface area contributed by atoms with E-state index in [1.54, 1.807) is 18.2 Å². The lowest BCUT2D eigenvalue weighted by Gasteiger charge is -2.14. The fourth-order valence-corrected chi connectivity index (χ4v) is 1.97. The number of hydrogen-bond donors (Lipinski definition) is 2. The van der Waals surface area contributed by atoms with Gasteiger partial charge in [-0.25, -0.2) is 0 Å². The summed E-state index contributed by atoms with van der Waals surface area (Å²) >= 11 is 0. The summed E-state index contributed by atoms with van der Waals surface area (Å²) in [4.78, 5) is 11.8. The van der Waals surface area contributed by atoms with Crippen LogP contribution in [0.25, 0.3) is 0 Å². The summed E-state index contributed by atoms with van der Waals surface area (Å²) in [6, 6.07) is 6.98. The molecular weight excluding hydrogens is 218 g/mol. The van der Waals surface area contributed by atoms with Crippen molar-refractivity contribution >= 4 is 5.91 Å². The zero-order chi connectivity index (χ0) is 12.3. The van der Waals surface area contributed by atoms with Crippen molar-refractivity contribution in [3.63, 3.8) is 0 Å². The van der Waals surface area contributed by atoms with E-state index in [9.17, 15) is 9.90 Å². The predicted octanol–water partition coefficient (Wildman–Crippen LogP) is 1.43. The van der Waals surface area contributed by atoms with Gasteiger partial charge in [0.25, 0.3) is 0 Å². The van der Waals surface area contributed by atoms with Crippen molar-refractivity contribution in [1.29, 1.82) is 0 Å². The number of ether oxygens (including phenoxy) is 1. The smallest absolute Gasteiger partial charge is 0.249 e. The van der Waals surface area contributed by atoms with Crippen LogP contribution in [0.2, 0.25) is 0 Å². The molecule has 2 N–H and O–H groups in total. The number of carbonyl (C=O) groups excluding carboxylic acids is 1. The van der Waals surface area contributed by atoms with Crippen LogP contribution in [0.15, 0.2) is 24.3 Å². The molecule has 1 heterocycles. The second-order valence-corrected chi connectivity index (χ2v) is 4.40. The van der Waals surface area contributed by atoms with Crippen LogP contribution >= 0.6 is 0 Å². The molecule has 2 rings (SSSR count). The molecule has 1 aromatic rings. The number of hydrogen-bond acceptors (Lipinski definition) is 3. The van der Waals surface area contributed by atoms with Gasteiger partial charge in [-0.2, -0.15) is 0 Å². The van der Waals surface area contributed by atoms with Crippen LogP contribution in [-0.4, -0.2) is 23.7 Å². The summed E-state index contributed by atoms with van der Waals surface area (Å²) in [6.07, 6.45) is 0.579. The Morgan fingerprint density at radius 3 is 2.94 bits per heavy atom. The highest BCUT2D eigenvalue weighted by Gasteiger charge is 2.30. The van der Waals surface area contributed by atoms with Crippen molar-refractivity contribution in [2.75, 3.05) is 6.61 Å². The zero-order valence-electron chi connectivity index (χ0n) is 9.85. The van der Waals surface area contributed by atoms with Crippen LogP contribution in [-0.2, 0) is 16.1 Å². The first-order valence-corrected chi connectivity index (χ1v) is 5.84. The minimum atomic E-state index is -0.346. The summed E-state index contributed by atoms with van der Waals surface area (Å²) in [7, 11) is 0. The van der Waals surface area contributed by atoms with E-state index in [1.807, 2.05) is 13.0 Å². The number of nitrogens with one attached hydrogen (secondary N) is 1. The number of phenols is 1. The van der Waals surface area contributed by atoms with Crippen LogP contribution in [0.4, 0.5) is 0 Å². The summed E-state index contributed by atoms with van der Waals surface area (Å²) in [5.41, 5.74) is 0.714. The Hall–Kier alpha value is -1.55. The fraction of sp³-hybridized carbons (Fsp3) is 0.462. The number of aromatic hydroxyl groups is 1. The van der Waals surface area contributed by atoms with E-state index in [-0.39, 0.29) is 23.7 Å². The Labute approximate surface area is 101 Å². The first-order chi connectivity index (χ1) is 8.18. The van der Waals surface area contributed by atoms with Gasteiger partial charge in [0.2, 0.25) is 5.91 Å². The molecule has 1 aromatic carbocycles. The van der Waals surface area contributed by atoms with E-state index >= 15 is 0 Å². The SMILES string of the molecule is CC1CCOC1C(=O)NCc1ccccc1O. The van der Waals surface area contributed by atoms with Gasteiger partial charge >= 0.3 is 0 Å². The number of phenolic OH excluding ortho intramolecular Hbond substituents is 1. The van der Waals surface area contributed by atoms with Gasteiger partial charge in [-0.3, -0.25) is 4.79 Å². The van der Waals surface area contributed by atoms with Gasteiger partial charge in [0.05, 0.1) is 0 Å². The van der Waals surface area contributed by atoms with Crippen molar-refractivity contribution in [3.05, 3.63) is 29.8 Å².